The molecule has 0 spiro atoms. The van der Waals surface area contributed by atoms with Crippen LogP contribution >= 0.6 is 24.0 Å². The number of thioether (sulfide) groups is 1. The Morgan fingerprint density at radius 2 is 1.88 bits per heavy atom. The zero-order valence-electron chi connectivity index (χ0n) is 19.9. The molecule has 1 N–H and O–H groups in total. The summed E-state index contributed by atoms with van der Waals surface area (Å²) in [5.41, 5.74) is 2.24. The van der Waals surface area contributed by atoms with Crippen molar-refractivity contribution in [3.8, 4) is 6.07 Å². The molecule has 1 aliphatic rings. The van der Waals surface area contributed by atoms with Gasteiger partial charge in [0, 0.05) is 25.2 Å². The molecule has 8 heteroatoms. The maximum atomic E-state index is 13.1. The van der Waals surface area contributed by atoms with Crippen LogP contribution in [0.3, 0.4) is 0 Å². The van der Waals surface area contributed by atoms with E-state index in [1.54, 1.807) is 22.5 Å². The first-order chi connectivity index (χ1) is 16.4. The zero-order chi connectivity index (χ0) is 24.7. The smallest absolute Gasteiger partial charge is 0.270 e. The summed E-state index contributed by atoms with van der Waals surface area (Å²) in [5, 5.41) is 13.2. The second-order valence-electron chi connectivity index (χ2n) is 8.18. The molecule has 1 aromatic heterocycles. The normalized spacial score (nSPS) is 14.6. The highest BCUT2D eigenvalue weighted by molar-refractivity contribution is 8.26. The number of hydrogen-bond donors (Lipinski definition) is 1. The Bertz CT molecular complexity index is 1200. The molecule has 1 saturated heterocycles. The van der Waals surface area contributed by atoms with Crippen LogP contribution in [0.5, 0.6) is 0 Å². The number of nitriles is 1. The van der Waals surface area contributed by atoms with E-state index in [2.05, 4.69) is 30.4 Å². The first-order valence-electron chi connectivity index (χ1n) is 11.6. The number of carbonyl (C=O) groups excluding carboxylic acids is 1. The molecule has 1 aliphatic heterocycles. The first-order valence-corrected chi connectivity index (χ1v) is 12.9. The third-order valence-corrected chi connectivity index (χ3v) is 7.13. The third kappa shape index (κ3) is 5.60. The van der Waals surface area contributed by atoms with E-state index in [4.69, 9.17) is 12.2 Å². The Kier molecular flexibility index (Phi) is 9.08. The Morgan fingerprint density at radius 1 is 1.15 bits per heavy atom. The van der Waals surface area contributed by atoms with Gasteiger partial charge >= 0.3 is 0 Å². The lowest BCUT2D eigenvalue weighted by atomic mass is 10.0. The molecule has 0 aliphatic carbocycles. The molecule has 1 fully saturated rings. The molecule has 0 saturated carbocycles. The van der Waals surface area contributed by atoms with E-state index in [1.165, 1.54) is 17.3 Å². The molecule has 1 amide bonds. The number of rotatable bonds is 10. The molecule has 3 rings (SSSR count). The summed E-state index contributed by atoms with van der Waals surface area (Å²) in [6.45, 7) is 7.51. The van der Waals surface area contributed by atoms with Crippen LogP contribution in [0.1, 0.15) is 55.4 Å². The van der Waals surface area contributed by atoms with Crippen LogP contribution in [-0.2, 0) is 17.8 Å². The van der Waals surface area contributed by atoms with Crippen molar-refractivity contribution >= 4 is 46.1 Å². The van der Waals surface area contributed by atoms with E-state index in [1.807, 2.05) is 25.1 Å². The van der Waals surface area contributed by atoms with Crippen molar-refractivity contribution in [1.82, 2.24) is 9.47 Å². The lowest BCUT2D eigenvalue weighted by molar-refractivity contribution is -0.122. The van der Waals surface area contributed by atoms with Crippen molar-refractivity contribution in [2.45, 2.75) is 53.0 Å². The summed E-state index contributed by atoms with van der Waals surface area (Å²) in [7, 11) is 0. The minimum absolute atomic E-state index is 0.106. The molecule has 34 heavy (non-hydrogen) atoms. The molecule has 1 aromatic carbocycles. The fourth-order valence-corrected chi connectivity index (χ4v) is 5.19. The largest absolute Gasteiger partial charge is 0.371 e. The molecular weight excluding hydrogens is 464 g/mol. The van der Waals surface area contributed by atoms with Gasteiger partial charge in [0.2, 0.25) is 0 Å². The molecule has 0 unspecified atom stereocenters. The fraction of sp³-hybridized carbons (Fsp3) is 0.385. The van der Waals surface area contributed by atoms with Gasteiger partial charge in [-0.2, -0.15) is 5.26 Å². The van der Waals surface area contributed by atoms with Crippen LogP contribution in [0.2, 0.25) is 0 Å². The standard InChI is InChI=1S/C26H30N4O2S2/c1-4-6-15-30-25(32)22(34-26(30)33)16-20-18(3)21(17-27)24(31)29(14-5-2)23(20)28-13-12-19-10-8-7-9-11-19/h7-11,16,28H,4-6,12-15H2,1-3H3/b22-16+. The van der Waals surface area contributed by atoms with Gasteiger partial charge in [-0.25, -0.2) is 0 Å². The summed E-state index contributed by atoms with van der Waals surface area (Å²) >= 11 is 6.73. The van der Waals surface area contributed by atoms with E-state index >= 15 is 0 Å². The van der Waals surface area contributed by atoms with Gasteiger partial charge in [-0.15, -0.1) is 0 Å². The van der Waals surface area contributed by atoms with Crippen LogP contribution in [0.4, 0.5) is 5.82 Å². The average molecular weight is 495 g/mol. The fourth-order valence-electron chi connectivity index (χ4n) is 3.90. The number of amides is 1. The zero-order valence-corrected chi connectivity index (χ0v) is 21.5. The van der Waals surface area contributed by atoms with Crippen molar-refractivity contribution in [2.24, 2.45) is 0 Å². The van der Waals surface area contributed by atoms with Gasteiger partial charge in [-0.1, -0.05) is 74.6 Å². The number of benzene rings is 1. The Hall–Kier alpha value is -2.89. The number of carbonyl (C=O) groups is 1. The minimum atomic E-state index is -0.309. The highest BCUT2D eigenvalue weighted by atomic mass is 32.2. The molecule has 0 radical (unpaired) electrons. The number of pyridine rings is 1. The molecular formula is C26H30N4O2S2. The predicted octanol–water partition coefficient (Wildman–Crippen LogP) is 5.09. The molecule has 2 heterocycles. The van der Waals surface area contributed by atoms with Crippen LogP contribution < -0.4 is 10.9 Å². The highest BCUT2D eigenvalue weighted by Crippen LogP contribution is 2.35. The van der Waals surface area contributed by atoms with Crippen molar-refractivity contribution in [3.05, 3.63) is 67.8 Å². The Balaban J connectivity index is 2.05. The van der Waals surface area contributed by atoms with Gasteiger partial charge < -0.3 is 5.32 Å². The summed E-state index contributed by atoms with van der Waals surface area (Å²) in [6.07, 6.45) is 5.15. The Morgan fingerprint density at radius 3 is 2.53 bits per heavy atom. The number of nitrogens with one attached hydrogen (secondary N) is 1. The van der Waals surface area contributed by atoms with Crippen molar-refractivity contribution in [1.29, 1.82) is 5.26 Å². The highest BCUT2D eigenvalue weighted by Gasteiger charge is 2.32. The maximum Gasteiger partial charge on any atom is 0.270 e. The molecule has 2 aromatic rings. The summed E-state index contributed by atoms with van der Waals surface area (Å²) in [6, 6.07) is 12.2. The van der Waals surface area contributed by atoms with E-state index < -0.39 is 0 Å². The topological polar surface area (TPSA) is 78.1 Å². The monoisotopic (exact) mass is 494 g/mol. The number of unbranched alkanes of at least 4 members (excludes halogenated alkanes) is 1. The second-order valence-corrected chi connectivity index (χ2v) is 9.86. The van der Waals surface area contributed by atoms with E-state index in [0.717, 1.165) is 25.7 Å². The van der Waals surface area contributed by atoms with Crippen LogP contribution in [0.15, 0.2) is 40.0 Å². The van der Waals surface area contributed by atoms with E-state index in [0.29, 0.717) is 45.8 Å². The van der Waals surface area contributed by atoms with Crippen LogP contribution in [-0.4, -0.2) is 32.8 Å². The van der Waals surface area contributed by atoms with E-state index in [9.17, 15) is 14.9 Å². The lowest BCUT2D eigenvalue weighted by Crippen LogP contribution is -2.29. The quantitative estimate of drug-likeness (QED) is 0.366. The van der Waals surface area contributed by atoms with Gasteiger partial charge in [-0.3, -0.25) is 19.1 Å². The average Bonchev–Trinajstić information content (AvgIpc) is 3.10. The molecule has 0 atom stereocenters. The van der Waals surface area contributed by atoms with Crippen molar-refractivity contribution < 1.29 is 4.79 Å². The third-order valence-electron chi connectivity index (χ3n) is 5.76. The molecule has 178 valence electrons. The number of hydrogen-bond acceptors (Lipinski definition) is 6. The second kappa shape index (κ2) is 12.0. The van der Waals surface area contributed by atoms with Gasteiger partial charge in [-0.05, 0) is 43.4 Å². The summed E-state index contributed by atoms with van der Waals surface area (Å²) in [5.74, 6) is 0.517. The van der Waals surface area contributed by atoms with Gasteiger partial charge in [0.15, 0.2) is 0 Å². The lowest BCUT2D eigenvalue weighted by Gasteiger charge is -2.20. The van der Waals surface area contributed by atoms with Gasteiger partial charge in [0.25, 0.3) is 11.5 Å². The first kappa shape index (κ1) is 25.7. The number of anilines is 1. The summed E-state index contributed by atoms with van der Waals surface area (Å²) < 4.78 is 2.17. The van der Waals surface area contributed by atoms with Crippen molar-refractivity contribution in [2.75, 3.05) is 18.4 Å². The van der Waals surface area contributed by atoms with Crippen LogP contribution in [0.25, 0.3) is 6.08 Å². The minimum Gasteiger partial charge on any atom is -0.371 e. The van der Waals surface area contributed by atoms with E-state index in [-0.39, 0.29) is 17.0 Å². The number of aromatic nitrogens is 1. The van der Waals surface area contributed by atoms with Crippen molar-refractivity contribution in [3.63, 3.8) is 0 Å². The summed E-state index contributed by atoms with van der Waals surface area (Å²) in [4.78, 5) is 28.3. The SMILES string of the molecule is CCCCN1C(=O)/C(=C\c2c(C)c(C#N)c(=O)n(CCC)c2NCCc2ccccc2)SC1=S. The predicted molar refractivity (Wildman–Crippen MR) is 144 cm³/mol. The molecule has 0 bridgehead atoms. The van der Waals surface area contributed by atoms with Gasteiger partial charge in [0.1, 0.15) is 21.8 Å². The number of thiocarbonyl (C=S) groups is 1. The maximum absolute atomic E-state index is 13.1. The molecule has 6 nitrogen and oxygen atoms in total. The van der Waals surface area contributed by atoms with Crippen LogP contribution in [0, 0.1) is 18.3 Å². The number of nitrogens with zero attached hydrogens (tertiary/aromatic N) is 3. The Labute approximate surface area is 210 Å². The van der Waals surface area contributed by atoms with Gasteiger partial charge in [0.05, 0.1) is 4.91 Å².